The molecule has 3 aromatic heterocycles. The maximum absolute atomic E-state index is 4.65. The first-order valence-electron chi connectivity index (χ1n) is 8.28. The lowest BCUT2D eigenvalue weighted by Crippen LogP contribution is -2.10. The summed E-state index contributed by atoms with van der Waals surface area (Å²) in [5, 5.41) is 6.33. The third-order valence-corrected chi connectivity index (χ3v) is 5.57. The van der Waals surface area contributed by atoms with Crippen LogP contribution in [0.5, 0.6) is 0 Å². The zero-order chi connectivity index (χ0) is 16.8. The second kappa shape index (κ2) is 5.81. The number of aryl methyl sites for hydroxylation is 4. The Morgan fingerprint density at radius 3 is 2.54 bits per heavy atom. The van der Waals surface area contributed by atoms with E-state index in [0.29, 0.717) is 10.9 Å². The molecule has 0 amide bonds. The predicted molar refractivity (Wildman–Crippen MR) is 92.5 cm³/mol. The standard InChI is InChI=1S/C17H20N6S/c1-9-10(2)18-16-21-17(22-23(16)11(9)3)24-15-13-7-5-6-8-14(13)19-12(4)20-15/h5-8H2,1-4H3. The highest BCUT2D eigenvalue weighted by Crippen LogP contribution is 2.32. The van der Waals surface area contributed by atoms with Crippen molar-refractivity contribution in [1.29, 1.82) is 0 Å². The van der Waals surface area contributed by atoms with Gasteiger partial charge in [-0.3, -0.25) is 0 Å². The molecule has 6 nitrogen and oxygen atoms in total. The van der Waals surface area contributed by atoms with Crippen molar-refractivity contribution in [3.63, 3.8) is 0 Å². The maximum atomic E-state index is 4.65. The van der Waals surface area contributed by atoms with E-state index in [9.17, 15) is 0 Å². The molecule has 24 heavy (non-hydrogen) atoms. The first-order chi connectivity index (χ1) is 11.5. The van der Waals surface area contributed by atoms with Crippen molar-refractivity contribution in [1.82, 2.24) is 29.5 Å². The van der Waals surface area contributed by atoms with Crippen LogP contribution in [0.25, 0.3) is 5.78 Å². The van der Waals surface area contributed by atoms with Gasteiger partial charge in [-0.25, -0.2) is 19.5 Å². The van der Waals surface area contributed by atoms with Crippen molar-refractivity contribution in [2.75, 3.05) is 0 Å². The fourth-order valence-corrected chi connectivity index (χ4v) is 4.07. The molecule has 4 rings (SSSR count). The van der Waals surface area contributed by atoms with Crippen LogP contribution in [-0.4, -0.2) is 29.5 Å². The van der Waals surface area contributed by atoms with Crippen molar-refractivity contribution < 1.29 is 0 Å². The van der Waals surface area contributed by atoms with Crippen LogP contribution in [0.15, 0.2) is 10.2 Å². The van der Waals surface area contributed by atoms with Crippen LogP contribution < -0.4 is 0 Å². The minimum atomic E-state index is 0.651. The van der Waals surface area contributed by atoms with Crippen molar-refractivity contribution in [3.05, 3.63) is 34.0 Å². The molecule has 0 saturated heterocycles. The largest absolute Gasteiger partial charge is 0.253 e. The van der Waals surface area contributed by atoms with Gasteiger partial charge in [0.05, 0.1) is 0 Å². The molecule has 0 unspecified atom stereocenters. The van der Waals surface area contributed by atoms with E-state index in [2.05, 4.69) is 38.9 Å². The van der Waals surface area contributed by atoms with Crippen LogP contribution in [0.4, 0.5) is 0 Å². The average molecular weight is 340 g/mol. The third-order valence-electron chi connectivity index (χ3n) is 4.69. The first-order valence-corrected chi connectivity index (χ1v) is 9.09. The summed E-state index contributed by atoms with van der Waals surface area (Å²) in [6.45, 7) is 8.08. The van der Waals surface area contributed by atoms with Crippen molar-refractivity contribution >= 4 is 17.5 Å². The molecule has 1 aliphatic rings. The summed E-state index contributed by atoms with van der Waals surface area (Å²) >= 11 is 1.53. The highest BCUT2D eigenvalue weighted by atomic mass is 32.2. The van der Waals surface area contributed by atoms with Gasteiger partial charge in [0, 0.05) is 22.6 Å². The number of aromatic nitrogens is 6. The topological polar surface area (TPSA) is 68.9 Å². The lowest BCUT2D eigenvalue weighted by Gasteiger charge is -2.17. The highest BCUT2D eigenvalue weighted by molar-refractivity contribution is 7.99. The van der Waals surface area contributed by atoms with E-state index in [1.165, 1.54) is 35.9 Å². The van der Waals surface area contributed by atoms with Crippen molar-refractivity contribution in [3.8, 4) is 0 Å². The second-order valence-corrected chi connectivity index (χ2v) is 7.28. The van der Waals surface area contributed by atoms with E-state index < -0.39 is 0 Å². The number of rotatable bonds is 2. The molecule has 0 bridgehead atoms. The smallest absolute Gasteiger partial charge is 0.238 e. The van der Waals surface area contributed by atoms with Crippen molar-refractivity contribution in [2.45, 2.75) is 63.6 Å². The van der Waals surface area contributed by atoms with Gasteiger partial charge in [-0.1, -0.05) is 0 Å². The third kappa shape index (κ3) is 2.56. The summed E-state index contributed by atoms with van der Waals surface area (Å²) in [4.78, 5) is 18.4. The fraction of sp³-hybridized carbons (Fsp3) is 0.471. The molecule has 0 aromatic carbocycles. The SMILES string of the molecule is Cc1nc2c(c(Sc3nc4nc(C)c(C)c(C)n4n3)n1)CCCC2. The van der Waals surface area contributed by atoms with E-state index in [-0.39, 0.29) is 0 Å². The van der Waals surface area contributed by atoms with Gasteiger partial charge < -0.3 is 0 Å². The summed E-state index contributed by atoms with van der Waals surface area (Å²) in [5.74, 6) is 1.47. The minimum absolute atomic E-state index is 0.651. The number of hydrogen-bond donors (Lipinski definition) is 0. The molecule has 0 atom stereocenters. The molecule has 3 aromatic rings. The minimum Gasteiger partial charge on any atom is -0.238 e. The Balaban J connectivity index is 1.78. The van der Waals surface area contributed by atoms with Gasteiger partial charge in [0.1, 0.15) is 10.9 Å². The van der Waals surface area contributed by atoms with E-state index in [0.717, 1.165) is 40.6 Å². The lowest BCUT2D eigenvalue weighted by atomic mass is 9.97. The van der Waals surface area contributed by atoms with Gasteiger partial charge in [-0.2, -0.15) is 4.98 Å². The van der Waals surface area contributed by atoms with E-state index in [4.69, 9.17) is 0 Å². The summed E-state index contributed by atoms with van der Waals surface area (Å²) < 4.78 is 1.82. The zero-order valence-corrected chi connectivity index (χ0v) is 15.2. The molecule has 0 N–H and O–H groups in total. The maximum Gasteiger partial charge on any atom is 0.253 e. The summed E-state index contributed by atoms with van der Waals surface area (Å²) in [6.07, 6.45) is 4.50. The molecule has 0 saturated carbocycles. The predicted octanol–water partition coefficient (Wildman–Crippen LogP) is 3.18. The number of hydrogen-bond acceptors (Lipinski definition) is 6. The molecular formula is C17H20N6S. The van der Waals surface area contributed by atoms with E-state index >= 15 is 0 Å². The van der Waals surface area contributed by atoms with Crippen LogP contribution in [0.3, 0.4) is 0 Å². The Kier molecular flexibility index (Phi) is 3.75. The molecular weight excluding hydrogens is 320 g/mol. The van der Waals surface area contributed by atoms with E-state index in [1.807, 2.05) is 18.4 Å². The van der Waals surface area contributed by atoms with Crippen LogP contribution in [0, 0.1) is 27.7 Å². The Morgan fingerprint density at radius 1 is 0.917 bits per heavy atom. The fourth-order valence-electron chi connectivity index (χ4n) is 3.13. The first kappa shape index (κ1) is 15.5. The molecule has 0 aliphatic heterocycles. The van der Waals surface area contributed by atoms with Gasteiger partial charge in [0.25, 0.3) is 5.78 Å². The lowest BCUT2D eigenvalue weighted by molar-refractivity contribution is 0.640. The molecule has 0 fully saturated rings. The second-order valence-electron chi connectivity index (χ2n) is 6.32. The van der Waals surface area contributed by atoms with Crippen LogP contribution in [0.1, 0.15) is 46.9 Å². The summed E-state index contributed by atoms with van der Waals surface area (Å²) in [7, 11) is 0. The molecule has 124 valence electrons. The summed E-state index contributed by atoms with van der Waals surface area (Å²) in [5.41, 5.74) is 5.70. The Labute approximate surface area is 145 Å². The highest BCUT2D eigenvalue weighted by Gasteiger charge is 2.20. The molecule has 0 spiro atoms. The van der Waals surface area contributed by atoms with Crippen LogP contribution >= 0.6 is 11.8 Å². The van der Waals surface area contributed by atoms with Crippen LogP contribution in [-0.2, 0) is 12.8 Å². The quantitative estimate of drug-likeness (QED) is 0.667. The van der Waals surface area contributed by atoms with Gasteiger partial charge in [-0.05, 0) is 70.7 Å². The Morgan fingerprint density at radius 2 is 1.71 bits per heavy atom. The molecule has 1 aliphatic carbocycles. The monoisotopic (exact) mass is 340 g/mol. The average Bonchev–Trinajstić information content (AvgIpc) is 2.95. The van der Waals surface area contributed by atoms with Gasteiger partial charge in [0.15, 0.2) is 0 Å². The van der Waals surface area contributed by atoms with Crippen molar-refractivity contribution in [2.24, 2.45) is 0 Å². The normalized spacial score (nSPS) is 14.2. The number of nitrogens with zero attached hydrogens (tertiary/aromatic N) is 6. The summed E-state index contributed by atoms with van der Waals surface area (Å²) in [6, 6.07) is 0. The van der Waals surface area contributed by atoms with Crippen LogP contribution in [0.2, 0.25) is 0 Å². The zero-order valence-electron chi connectivity index (χ0n) is 14.4. The van der Waals surface area contributed by atoms with Gasteiger partial charge >= 0.3 is 0 Å². The Bertz CT molecular complexity index is 946. The Hall–Kier alpha value is -2.02. The van der Waals surface area contributed by atoms with Gasteiger partial charge in [0.2, 0.25) is 5.16 Å². The number of fused-ring (bicyclic) bond motifs is 2. The molecule has 7 heteroatoms. The molecule has 0 radical (unpaired) electrons. The molecule has 3 heterocycles. The van der Waals surface area contributed by atoms with E-state index in [1.54, 1.807) is 0 Å². The van der Waals surface area contributed by atoms with Gasteiger partial charge in [-0.15, -0.1) is 5.10 Å².